The minimum atomic E-state index is -4.30. The van der Waals surface area contributed by atoms with Crippen LogP contribution in [0.1, 0.15) is 88.6 Å². The predicted octanol–water partition coefficient (Wildman–Crippen LogP) is 5.60. The van der Waals surface area contributed by atoms with Crippen LogP contribution in [0.15, 0.2) is 21.2 Å². The Kier molecular flexibility index (Phi) is 5.91. The Morgan fingerprint density at radius 2 is 1.69 bits per heavy atom. The molecule has 0 radical (unpaired) electrons. The maximum atomic E-state index is 13.8. The van der Waals surface area contributed by atoms with Crippen molar-refractivity contribution in [3.05, 3.63) is 35.0 Å². The highest BCUT2D eigenvalue weighted by molar-refractivity contribution is 5.31. The van der Waals surface area contributed by atoms with Gasteiger partial charge in [0.15, 0.2) is 0 Å². The normalized spacial score (nSPS) is 28.6. The zero-order valence-electron chi connectivity index (χ0n) is 21.4. The van der Waals surface area contributed by atoms with Crippen molar-refractivity contribution in [3.63, 3.8) is 0 Å². The lowest BCUT2D eigenvalue weighted by atomic mass is 9.66. The lowest BCUT2D eigenvalue weighted by Gasteiger charge is -2.41. The second-order valence-corrected chi connectivity index (χ2v) is 12.1. The van der Waals surface area contributed by atoms with Crippen LogP contribution in [0.4, 0.5) is 13.2 Å². The molecule has 0 bridgehead atoms. The summed E-state index contributed by atoms with van der Waals surface area (Å²) in [5.41, 5.74) is -1.12. The van der Waals surface area contributed by atoms with Crippen molar-refractivity contribution in [1.29, 1.82) is 0 Å². The van der Waals surface area contributed by atoms with Crippen LogP contribution in [0.5, 0.6) is 0 Å². The standard InChI is InChI=1S/C26H37F3N4O2/c1-17(19-14-20(30-34-19)24(7-6-8-24)26(27,28)29)13-18-16-25(18,33-11-9-32(5)10-12-33)21-15-22(35-31-21)23(2,3)4/h14-15,17-18H,6-13,16H2,1-5H3. The molecule has 35 heavy (non-hydrogen) atoms. The number of hydrogen-bond donors (Lipinski definition) is 0. The molecule has 3 heterocycles. The molecular formula is C26H37F3N4O2. The van der Waals surface area contributed by atoms with E-state index in [1.165, 1.54) is 0 Å². The molecule has 9 heteroatoms. The summed E-state index contributed by atoms with van der Waals surface area (Å²) in [6.45, 7) is 12.3. The van der Waals surface area contributed by atoms with E-state index in [1.54, 1.807) is 6.07 Å². The van der Waals surface area contributed by atoms with Crippen LogP contribution in [0, 0.1) is 5.92 Å². The molecular weight excluding hydrogens is 457 g/mol. The molecule has 2 aliphatic carbocycles. The topological polar surface area (TPSA) is 58.5 Å². The molecule has 5 rings (SSSR count). The van der Waals surface area contributed by atoms with Gasteiger partial charge in [0.05, 0.1) is 11.2 Å². The Morgan fingerprint density at radius 1 is 1.03 bits per heavy atom. The van der Waals surface area contributed by atoms with Gasteiger partial charge in [0.1, 0.15) is 22.6 Å². The highest BCUT2D eigenvalue weighted by Gasteiger charge is 2.62. The van der Waals surface area contributed by atoms with E-state index in [0.717, 1.165) is 50.5 Å². The number of alkyl halides is 3. The molecule has 0 aromatic carbocycles. The third-order valence-corrected chi connectivity index (χ3v) is 8.73. The van der Waals surface area contributed by atoms with Gasteiger partial charge >= 0.3 is 6.18 Å². The molecule has 194 valence electrons. The fraction of sp³-hybridized carbons (Fsp3) is 0.769. The summed E-state index contributed by atoms with van der Waals surface area (Å²) < 4.78 is 52.6. The Bertz CT molecular complexity index is 1040. The lowest BCUT2D eigenvalue weighted by Crippen LogP contribution is -2.50. The van der Waals surface area contributed by atoms with Crippen LogP contribution < -0.4 is 0 Å². The summed E-state index contributed by atoms with van der Waals surface area (Å²) in [6.07, 6.45) is -1.78. The van der Waals surface area contributed by atoms with Crippen LogP contribution in [-0.4, -0.2) is 59.5 Å². The van der Waals surface area contributed by atoms with Crippen molar-refractivity contribution >= 4 is 0 Å². The number of rotatable bonds is 6. The smallest absolute Gasteiger partial charge is 0.361 e. The molecule has 2 aromatic heterocycles. The van der Waals surface area contributed by atoms with Crippen LogP contribution in [0.25, 0.3) is 0 Å². The minimum absolute atomic E-state index is 0.0325. The fourth-order valence-corrected chi connectivity index (χ4v) is 6.00. The molecule has 3 atom stereocenters. The highest BCUT2D eigenvalue weighted by atomic mass is 19.4. The van der Waals surface area contributed by atoms with Crippen LogP contribution in [0.2, 0.25) is 0 Å². The third kappa shape index (κ3) is 4.12. The number of halogens is 3. The van der Waals surface area contributed by atoms with Gasteiger partial charge in [0.2, 0.25) is 0 Å². The zero-order chi connectivity index (χ0) is 25.2. The van der Waals surface area contributed by atoms with E-state index in [9.17, 15) is 13.2 Å². The summed E-state index contributed by atoms with van der Waals surface area (Å²) in [5, 5.41) is 8.44. The van der Waals surface area contributed by atoms with Gasteiger partial charge in [0, 0.05) is 49.6 Å². The largest absolute Gasteiger partial charge is 0.400 e. The first-order chi connectivity index (χ1) is 16.4. The van der Waals surface area contributed by atoms with Crippen molar-refractivity contribution in [1.82, 2.24) is 20.1 Å². The number of piperazine rings is 1. The average Bonchev–Trinajstić information content (AvgIpc) is 3.10. The predicted molar refractivity (Wildman–Crippen MR) is 125 cm³/mol. The SMILES string of the molecule is CC(CC1CC1(c1cc(C(C)(C)C)on1)N1CCN(C)CC1)c1cc(C2(C(F)(F)F)CCC2)no1. The highest BCUT2D eigenvalue weighted by Crippen LogP contribution is 2.60. The molecule has 0 spiro atoms. The first-order valence-electron chi connectivity index (χ1n) is 12.8. The third-order valence-electron chi connectivity index (χ3n) is 8.73. The van der Waals surface area contributed by atoms with E-state index < -0.39 is 11.6 Å². The van der Waals surface area contributed by atoms with E-state index in [2.05, 4.69) is 54.0 Å². The van der Waals surface area contributed by atoms with E-state index in [-0.39, 0.29) is 35.4 Å². The van der Waals surface area contributed by atoms with Crippen molar-refractivity contribution in [3.8, 4) is 0 Å². The number of likely N-dealkylation sites (N-methyl/N-ethyl adjacent to an activating group) is 1. The monoisotopic (exact) mass is 494 g/mol. The zero-order valence-corrected chi connectivity index (χ0v) is 21.4. The van der Waals surface area contributed by atoms with Gasteiger partial charge in [-0.3, -0.25) is 4.90 Å². The van der Waals surface area contributed by atoms with Gasteiger partial charge in [-0.1, -0.05) is 44.4 Å². The maximum Gasteiger partial charge on any atom is 0.400 e. The second-order valence-electron chi connectivity index (χ2n) is 12.1. The van der Waals surface area contributed by atoms with Gasteiger partial charge < -0.3 is 13.9 Å². The molecule has 1 saturated heterocycles. The van der Waals surface area contributed by atoms with Crippen LogP contribution in [0.3, 0.4) is 0 Å². The summed E-state index contributed by atoms with van der Waals surface area (Å²) in [4.78, 5) is 4.87. The Balaban J connectivity index is 1.36. The van der Waals surface area contributed by atoms with Gasteiger partial charge in [-0.15, -0.1) is 0 Å². The van der Waals surface area contributed by atoms with E-state index >= 15 is 0 Å². The lowest BCUT2D eigenvalue weighted by molar-refractivity contribution is -0.214. The van der Waals surface area contributed by atoms with Gasteiger partial charge in [-0.25, -0.2) is 0 Å². The number of hydrogen-bond acceptors (Lipinski definition) is 6. The molecule has 6 nitrogen and oxygen atoms in total. The molecule has 0 N–H and O–H groups in total. The van der Waals surface area contributed by atoms with Crippen molar-refractivity contribution in [2.24, 2.45) is 5.92 Å². The van der Waals surface area contributed by atoms with Crippen LogP contribution >= 0.6 is 0 Å². The van der Waals surface area contributed by atoms with Crippen LogP contribution in [-0.2, 0) is 16.4 Å². The summed E-state index contributed by atoms with van der Waals surface area (Å²) in [7, 11) is 2.14. The minimum Gasteiger partial charge on any atom is -0.361 e. The first-order valence-corrected chi connectivity index (χ1v) is 12.8. The van der Waals surface area contributed by atoms with E-state index in [0.29, 0.717) is 18.1 Å². The first kappa shape index (κ1) is 24.8. The summed E-state index contributed by atoms with van der Waals surface area (Å²) in [5.74, 6) is 1.71. The molecule has 1 aliphatic heterocycles. The van der Waals surface area contributed by atoms with Gasteiger partial charge in [-0.2, -0.15) is 13.2 Å². The molecule has 0 amide bonds. The number of aromatic nitrogens is 2. The Hall–Kier alpha value is -1.87. The average molecular weight is 495 g/mol. The fourth-order valence-electron chi connectivity index (χ4n) is 6.00. The molecule has 3 aliphatic rings. The Labute approximate surface area is 205 Å². The molecule has 2 saturated carbocycles. The molecule has 3 fully saturated rings. The number of nitrogens with zero attached hydrogens (tertiary/aromatic N) is 4. The second kappa shape index (κ2) is 8.33. The quantitative estimate of drug-likeness (QED) is 0.521. The molecule has 3 unspecified atom stereocenters. The Morgan fingerprint density at radius 3 is 2.23 bits per heavy atom. The van der Waals surface area contributed by atoms with Crippen molar-refractivity contribution in [2.75, 3.05) is 33.2 Å². The van der Waals surface area contributed by atoms with E-state index in [4.69, 9.17) is 9.05 Å². The summed E-state index contributed by atoms with van der Waals surface area (Å²) in [6, 6.07) is 3.67. The molecule has 2 aromatic rings. The maximum absolute atomic E-state index is 13.8. The van der Waals surface area contributed by atoms with Gasteiger partial charge in [-0.05, 0) is 38.6 Å². The van der Waals surface area contributed by atoms with Crippen molar-refractivity contribution in [2.45, 2.75) is 88.3 Å². The van der Waals surface area contributed by atoms with E-state index in [1.807, 2.05) is 6.92 Å². The van der Waals surface area contributed by atoms with Crippen molar-refractivity contribution < 1.29 is 22.2 Å². The van der Waals surface area contributed by atoms with Gasteiger partial charge in [0.25, 0.3) is 0 Å². The summed E-state index contributed by atoms with van der Waals surface area (Å²) >= 11 is 0.